The van der Waals surface area contributed by atoms with Gasteiger partial charge in [0, 0.05) is 11.1 Å². The van der Waals surface area contributed by atoms with E-state index in [0.717, 1.165) is 21.9 Å². The molecule has 0 radical (unpaired) electrons. The summed E-state index contributed by atoms with van der Waals surface area (Å²) in [5, 5.41) is 22.7. The Morgan fingerprint density at radius 1 is 0.864 bits per heavy atom. The van der Waals surface area contributed by atoms with Crippen molar-refractivity contribution in [3.05, 3.63) is 83.1 Å². The van der Waals surface area contributed by atoms with E-state index in [1.807, 2.05) is 61.5 Å². The number of fused-ring (bicyclic) bond motifs is 1. The molecule has 0 saturated heterocycles. The number of hydrogen-bond donors (Lipinski definition) is 2. The molecule has 0 unspecified atom stereocenters. The van der Waals surface area contributed by atoms with E-state index in [9.17, 15) is 10.2 Å². The third kappa shape index (κ3) is 2.33. The number of aliphatic hydroxyl groups is 1. The minimum Gasteiger partial charge on any atom is -0.512 e. The van der Waals surface area contributed by atoms with Gasteiger partial charge in [-0.3, -0.25) is 0 Å². The number of aromatic hydroxyl groups is 1. The van der Waals surface area contributed by atoms with E-state index in [-0.39, 0.29) is 11.5 Å². The van der Waals surface area contributed by atoms with E-state index in [4.69, 9.17) is 0 Å². The number of phenolic OH excluding ortho intramolecular Hbond substituents is 1. The van der Waals surface area contributed by atoms with E-state index < -0.39 is 0 Å². The van der Waals surface area contributed by atoms with Crippen molar-refractivity contribution in [2.24, 2.45) is 0 Å². The maximum atomic E-state index is 10.4. The van der Waals surface area contributed by atoms with Gasteiger partial charge in [-0.05, 0) is 41.8 Å². The van der Waals surface area contributed by atoms with E-state index in [2.05, 4.69) is 0 Å². The molecular formula is C20H18O2. The average Bonchev–Trinajstić information content (AvgIpc) is 2.51. The van der Waals surface area contributed by atoms with Crippen LogP contribution in [0.5, 0.6) is 5.75 Å². The lowest BCUT2D eigenvalue weighted by atomic mass is 9.89. The highest BCUT2D eigenvalue weighted by atomic mass is 16.3. The zero-order valence-corrected chi connectivity index (χ0v) is 12.7. The van der Waals surface area contributed by atoms with Crippen LogP contribution in [-0.2, 0) is 0 Å². The second kappa shape index (κ2) is 5.57. The van der Waals surface area contributed by atoms with Crippen LogP contribution in [0.1, 0.15) is 23.6 Å². The molecule has 0 aliphatic rings. The van der Waals surface area contributed by atoms with Crippen molar-refractivity contribution in [2.75, 3.05) is 0 Å². The van der Waals surface area contributed by atoms with Gasteiger partial charge in [-0.2, -0.15) is 0 Å². The number of benzene rings is 3. The molecule has 2 heteroatoms. The zero-order chi connectivity index (χ0) is 15.7. The molecule has 0 aliphatic heterocycles. The summed E-state index contributed by atoms with van der Waals surface area (Å²) in [5.41, 5.74) is 3.33. The predicted molar refractivity (Wildman–Crippen MR) is 91.1 cm³/mol. The molecule has 0 spiro atoms. The van der Waals surface area contributed by atoms with E-state index in [1.165, 1.54) is 0 Å². The molecule has 2 nitrogen and oxygen atoms in total. The van der Waals surface area contributed by atoms with Crippen LogP contribution in [0, 0.1) is 6.92 Å². The first-order valence-corrected chi connectivity index (χ1v) is 7.26. The smallest absolute Gasteiger partial charge is 0.124 e. The van der Waals surface area contributed by atoms with Crippen molar-refractivity contribution in [1.29, 1.82) is 0 Å². The molecule has 0 aliphatic carbocycles. The third-order valence-corrected chi connectivity index (χ3v) is 3.93. The van der Waals surface area contributed by atoms with Gasteiger partial charge in [0.05, 0.1) is 5.76 Å². The fourth-order valence-corrected chi connectivity index (χ4v) is 2.89. The molecule has 2 N–H and O–H groups in total. The summed E-state index contributed by atoms with van der Waals surface area (Å²) in [6.45, 7) is 3.66. The normalized spacial score (nSPS) is 12.3. The average molecular weight is 290 g/mol. The number of aryl methyl sites for hydroxylation is 1. The van der Waals surface area contributed by atoms with Gasteiger partial charge in [0.25, 0.3) is 0 Å². The predicted octanol–water partition coefficient (Wildman–Crippen LogP) is 5.19. The fourth-order valence-electron chi connectivity index (χ4n) is 2.89. The van der Waals surface area contributed by atoms with Gasteiger partial charge >= 0.3 is 0 Å². The molecule has 0 bridgehead atoms. The second-order valence-corrected chi connectivity index (χ2v) is 5.46. The Bertz CT molecular complexity index is 872. The Morgan fingerprint density at radius 3 is 2.27 bits per heavy atom. The van der Waals surface area contributed by atoms with Gasteiger partial charge in [0.2, 0.25) is 0 Å². The quantitative estimate of drug-likeness (QED) is 0.637. The van der Waals surface area contributed by atoms with Gasteiger partial charge in [-0.25, -0.2) is 0 Å². The molecule has 0 amide bonds. The lowest BCUT2D eigenvalue weighted by Gasteiger charge is -2.16. The zero-order valence-electron chi connectivity index (χ0n) is 12.7. The van der Waals surface area contributed by atoms with E-state index in [1.54, 1.807) is 13.0 Å². The summed E-state index contributed by atoms with van der Waals surface area (Å²) >= 11 is 0. The van der Waals surface area contributed by atoms with Crippen LogP contribution in [0.15, 0.2) is 66.4 Å². The topological polar surface area (TPSA) is 40.5 Å². The van der Waals surface area contributed by atoms with Crippen LogP contribution in [0.25, 0.3) is 16.3 Å². The Labute approximate surface area is 130 Å². The van der Waals surface area contributed by atoms with Gasteiger partial charge in [0.15, 0.2) is 0 Å². The molecule has 22 heavy (non-hydrogen) atoms. The molecule has 0 saturated carbocycles. The van der Waals surface area contributed by atoms with Crippen LogP contribution in [-0.4, -0.2) is 10.2 Å². The molecule has 3 aromatic rings. The van der Waals surface area contributed by atoms with Crippen molar-refractivity contribution < 1.29 is 10.2 Å². The van der Waals surface area contributed by atoms with E-state index in [0.29, 0.717) is 11.1 Å². The van der Waals surface area contributed by atoms with Crippen molar-refractivity contribution in [1.82, 2.24) is 0 Å². The van der Waals surface area contributed by atoms with Crippen LogP contribution in [0.2, 0.25) is 0 Å². The summed E-state index contributed by atoms with van der Waals surface area (Å²) in [4.78, 5) is 0. The lowest BCUT2D eigenvalue weighted by Crippen LogP contribution is -1.97. The summed E-state index contributed by atoms with van der Waals surface area (Å²) in [5.74, 6) is 0.367. The van der Waals surface area contributed by atoms with Gasteiger partial charge in [-0.1, -0.05) is 54.6 Å². The molecule has 0 aromatic heterocycles. The molecule has 0 fully saturated rings. The number of aliphatic hydroxyl groups excluding tert-OH is 1. The molecule has 110 valence electrons. The van der Waals surface area contributed by atoms with Crippen LogP contribution >= 0.6 is 0 Å². The number of allylic oxidation sites excluding steroid dienone is 1. The van der Waals surface area contributed by atoms with Gasteiger partial charge in [0.1, 0.15) is 5.75 Å². The number of phenols is 1. The molecule has 3 rings (SSSR count). The second-order valence-electron chi connectivity index (χ2n) is 5.46. The third-order valence-electron chi connectivity index (χ3n) is 3.93. The Morgan fingerprint density at radius 2 is 1.55 bits per heavy atom. The van der Waals surface area contributed by atoms with Gasteiger partial charge < -0.3 is 10.2 Å². The lowest BCUT2D eigenvalue weighted by molar-refractivity contribution is 0.416. The van der Waals surface area contributed by atoms with Crippen molar-refractivity contribution in [2.45, 2.75) is 13.8 Å². The Balaban J connectivity index is 2.40. The van der Waals surface area contributed by atoms with Crippen LogP contribution in [0.3, 0.4) is 0 Å². The first kappa shape index (κ1) is 14.2. The standard InChI is InChI=1S/C20H18O2/c1-13-7-3-5-9-16(13)19(14(2)21)20-17-10-6-4-8-15(17)11-12-18(20)22/h3-12,21-22H,1-2H3/b19-14-. The largest absolute Gasteiger partial charge is 0.512 e. The van der Waals surface area contributed by atoms with Crippen LogP contribution < -0.4 is 0 Å². The molecule has 0 heterocycles. The highest BCUT2D eigenvalue weighted by Gasteiger charge is 2.17. The minimum atomic E-state index is 0.172. The van der Waals surface area contributed by atoms with Gasteiger partial charge in [-0.15, -0.1) is 0 Å². The van der Waals surface area contributed by atoms with Crippen molar-refractivity contribution >= 4 is 16.3 Å². The summed E-state index contributed by atoms with van der Waals surface area (Å²) in [6, 6.07) is 19.3. The molecule has 0 atom stereocenters. The number of rotatable bonds is 2. The minimum absolute atomic E-state index is 0.172. The fraction of sp³-hybridized carbons (Fsp3) is 0.100. The van der Waals surface area contributed by atoms with Crippen LogP contribution in [0.4, 0.5) is 0 Å². The highest BCUT2D eigenvalue weighted by Crippen LogP contribution is 2.38. The monoisotopic (exact) mass is 290 g/mol. The van der Waals surface area contributed by atoms with Crippen molar-refractivity contribution in [3.8, 4) is 5.75 Å². The summed E-state index contributed by atoms with van der Waals surface area (Å²) in [6.07, 6.45) is 0. The van der Waals surface area contributed by atoms with E-state index >= 15 is 0 Å². The SMILES string of the molecule is C/C(O)=C(\c1ccccc1C)c1c(O)ccc2ccccc12. The summed E-state index contributed by atoms with van der Waals surface area (Å²) < 4.78 is 0. The van der Waals surface area contributed by atoms with Crippen molar-refractivity contribution in [3.63, 3.8) is 0 Å². The molecular weight excluding hydrogens is 272 g/mol. The maximum absolute atomic E-state index is 10.4. The highest BCUT2D eigenvalue weighted by molar-refractivity contribution is 6.00. The first-order chi connectivity index (χ1) is 10.6. The summed E-state index contributed by atoms with van der Waals surface area (Å²) in [7, 11) is 0. The first-order valence-electron chi connectivity index (χ1n) is 7.26. The maximum Gasteiger partial charge on any atom is 0.124 e. The Kier molecular flexibility index (Phi) is 3.60. The Hall–Kier alpha value is -2.74. The number of hydrogen-bond acceptors (Lipinski definition) is 2. The molecule has 3 aromatic carbocycles.